The second kappa shape index (κ2) is 5.63. The number of methoxy groups -OCH3 is 1. The third-order valence-electron chi connectivity index (χ3n) is 2.56. The third-order valence-corrected chi connectivity index (χ3v) is 2.89. The fourth-order valence-electron chi connectivity index (χ4n) is 1.63. The lowest BCUT2D eigenvalue weighted by Gasteiger charge is -2.06. The van der Waals surface area contributed by atoms with E-state index in [4.69, 9.17) is 11.6 Å². The van der Waals surface area contributed by atoms with E-state index in [1.165, 1.54) is 7.11 Å². The van der Waals surface area contributed by atoms with Gasteiger partial charge in [-0.15, -0.1) is 0 Å². The summed E-state index contributed by atoms with van der Waals surface area (Å²) in [6.07, 6.45) is 0.667. The van der Waals surface area contributed by atoms with Crippen molar-refractivity contribution in [1.29, 1.82) is 0 Å². The summed E-state index contributed by atoms with van der Waals surface area (Å²) in [5.41, 5.74) is 1.87. The molecular formula is C14H10ClNO3. The monoisotopic (exact) mass is 275 g/mol. The molecule has 2 aromatic rings. The fraction of sp³-hybridized carbons (Fsp3) is 0.0714. The predicted molar refractivity (Wildman–Crippen MR) is 71.4 cm³/mol. The number of carbonyl (C=O) groups excluding carboxylic acids is 2. The summed E-state index contributed by atoms with van der Waals surface area (Å²) < 4.78 is 4.65. The van der Waals surface area contributed by atoms with Crippen LogP contribution >= 0.6 is 11.6 Å². The topological polar surface area (TPSA) is 56.3 Å². The van der Waals surface area contributed by atoms with Crippen molar-refractivity contribution >= 4 is 23.9 Å². The van der Waals surface area contributed by atoms with E-state index in [2.05, 4.69) is 9.72 Å². The zero-order valence-corrected chi connectivity index (χ0v) is 10.8. The number of halogens is 1. The fourth-order valence-corrected chi connectivity index (χ4v) is 1.82. The van der Waals surface area contributed by atoms with Crippen LogP contribution in [-0.4, -0.2) is 24.3 Å². The highest BCUT2D eigenvalue weighted by molar-refractivity contribution is 6.33. The molecule has 1 aromatic carbocycles. The predicted octanol–water partition coefficient (Wildman–Crippen LogP) is 3.00. The van der Waals surface area contributed by atoms with Gasteiger partial charge in [0, 0.05) is 5.56 Å². The van der Waals surface area contributed by atoms with E-state index in [0.717, 1.165) is 0 Å². The highest BCUT2D eigenvalue weighted by atomic mass is 35.5. The van der Waals surface area contributed by atoms with Crippen molar-refractivity contribution in [3.63, 3.8) is 0 Å². The van der Waals surface area contributed by atoms with Gasteiger partial charge < -0.3 is 4.74 Å². The summed E-state index contributed by atoms with van der Waals surface area (Å²) in [5, 5.41) is 0.308. The Morgan fingerprint density at radius 2 is 2.11 bits per heavy atom. The van der Waals surface area contributed by atoms with Gasteiger partial charge in [-0.2, -0.15) is 0 Å². The molecular weight excluding hydrogens is 266 g/mol. The van der Waals surface area contributed by atoms with Gasteiger partial charge in [0.2, 0.25) is 0 Å². The highest BCUT2D eigenvalue weighted by Crippen LogP contribution is 2.24. The third kappa shape index (κ3) is 2.80. The largest absolute Gasteiger partial charge is 0.465 e. The second-order valence-corrected chi connectivity index (χ2v) is 4.16. The van der Waals surface area contributed by atoms with E-state index < -0.39 is 5.97 Å². The van der Waals surface area contributed by atoms with Crippen LogP contribution in [0.4, 0.5) is 0 Å². The molecule has 0 fully saturated rings. The van der Waals surface area contributed by atoms with Gasteiger partial charge in [-0.1, -0.05) is 23.7 Å². The molecule has 1 heterocycles. The Balaban J connectivity index is 2.50. The molecule has 0 saturated carbocycles. The maximum atomic E-state index is 11.6. The normalized spacial score (nSPS) is 10.0. The van der Waals surface area contributed by atoms with E-state index >= 15 is 0 Å². The number of aldehydes is 1. The maximum Gasteiger partial charge on any atom is 0.339 e. The Bertz CT molecular complexity index is 640. The van der Waals surface area contributed by atoms with Crippen LogP contribution in [0, 0.1) is 0 Å². The van der Waals surface area contributed by atoms with Gasteiger partial charge in [0.25, 0.3) is 0 Å². The minimum atomic E-state index is -0.515. The maximum absolute atomic E-state index is 11.6. The zero-order valence-electron chi connectivity index (χ0n) is 10.1. The molecule has 5 heteroatoms. The van der Waals surface area contributed by atoms with Crippen LogP contribution in [0.2, 0.25) is 5.02 Å². The first-order chi connectivity index (χ1) is 9.15. The summed E-state index contributed by atoms with van der Waals surface area (Å²) in [7, 11) is 1.29. The molecule has 0 atom stereocenters. The van der Waals surface area contributed by atoms with Gasteiger partial charge in [-0.25, -0.2) is 9.78 Å². The minimum absolute atomic E-state index is 0.264. The summed E-state index contributed by atoms with van der Waals surface area (Å²) in [6.45, 7) is 0. The number of hydrogen-bond donors (Lipinski definition) is 0. The number of benzene rings is 1. The number of ether oxygens (including phenoxy) is 1. The Kier molecular flexibility index (Phi) is 3.92. The van der Waals surface area contributed by atoms with Crippen molar-refractivity contribution in [3.8, 4) is 11.3 Å². The number of rotatable bonds is 3. The van der Waals surface area contributed by atoms with Crippen LogP contribution < -0.4 is 0 Å². The van der Waals surface area contributed by atoms with Crippen molar-refractivity contribution < 1.29 is 14.3 Å². The van der Waals surface area contributed by atoms with Gasteiger partial charge in [0.05, 0.1) is 23.4 Å². The average Bonchev–Trinajstić information content (AvgIpc) is 2.47. The molecule has 2 rings (SSSR count). The molecule has 0 aliphatic carbocycles. The summed E-state index contributed by atoms with van der Waals surface area (Å²) >= 11 is 5.94. The number of aromatic nitrogens is 1. The van der Waals surface area contributed by atoms with Crippen LogP contribution in [0.15, 0.2) is 36.4 Å². The molecule has 0 aliphatic heterocycles. The Hall–Kier alpha value is -2.20. The van der Waals surface area contributed by atoms with Crippen molar-refractivity contribution in [2.45, 2.75) is 0 Å². The van der Waals surface area contributed by atoms with E-state index in [-0.39, 0.29) is 5.56 Å². The first-order valence-electron chi connectivity index (χ1n) is 5.46. The quantitative estimate of drug-likeness (QED) is 0.638. The standard InChI is InChI=1S/C14H10ClNO3/c1-19-14(18)11-7-9(5-6-12(11)15)13-4-2-3-10(8-17)16-13/h2-8H,1H3. The molecule has 0 unspecified atom stereocenters. The molecule has 0 aliphatic rings. The average molecular weight is 276 g/mol. The van der Waals surface area contributed by atoms with Crippen LogP contribution in [0.25, 0.3) is 11.3 Å². The first kappa shape index (κ1) is 13.2. The van der Waals surface area contributed by atoms with E-state index in [0.29, 0.717) is 28.3 Å². The molecule has 0 bridgehead atoms. The van der Waals surface area contributed by atoms with E-state index in [1.54, 1.807) is 36.4 Å². The summed E-state index contributed by atoms with van der Waals surface area (Å²) in [4.78, 5) is 26.4. The summed E-state index contributed by atoms with van der Waals surface area (Å²) in [5.74, 6) is -0.515. The van der Waals surface area contributed by atoms with Gasteiger partial charge in [-0.05, 0) is 24.3 Å². The van der Waals surface area contributed by atoms with Crippen LogP contribution in [0.5, 0.6) is 0 Å². The molecule has 0 radical (unpaired) electrons. The number of esters is 1. The van der Waals surface area contributed by atoms with Gasteiger partial charge >= 0.3 is 5.97 Å². The SMILES string of the molecule is COC(=O)c1cc(-c2cccc(C=O)n2)ccc1Cl. The summed E-state index contributed by atoms with van der Waals surface area (Å²) in [6, 6.07) is 9.98. The van der Waals surface area contributed by atoms with Crippen molar-refractivity contribution in [2.24, 2.45) is 0 Å². The highest BCUT2D eigenvalue weighted by Gasteiger charge is 2.12. The second-order valence-electron chi connectivity index (χ2n) is 3.75. The molecule has 1 aromatic heterocycles. The Labute approximate surface area is 115 Å². The Morgan fingerprint density at radius 3 is 2.79 bits per heavy atom. The molecule has 4 nitrogen and oxygen atoms in total. The number of hydrogen-bond acceptors (Lipinski definition) is 4. The lowest BCUT2D eigenvalue weighted by molar-refractivity contribution is 0.0601. The number of nitrogens with zero attached hydrogens (tertiary/aromatic N) is 1. The van der Waals surface area contributed by atoms with Gasteiger partial charge in [-0.3, -0.25) is 4.79 Å². The van der Waals surface area contributed by atoms with Gasteiger partial charge in [0.15, 0.2) is 6.29 Å². The number of pyridine rings is 1. The molecule has 0 N–H and O–H groups in total. The zero-order chi connectivity index (χ0) is 13.8. The van der Waals surface area contributed by atoms with Crippen LogP contribution in [0.1, 0.15) is 20.8 Å². The molecule has 0 spiro atoms. The van der Waals surface area contributed by atoms with E-state index in [1.807, 2.05) is 0 Å². The molecule has 19 heavy (non-hydrogen) atoms. The van der Waals surface area contributed by atoms with Crippen molar-refractivity contribution in [3.05, 3.63) is 52.7 Å². The van der Waals surface area contributed by atoms with E-state index in [9.17, 15) is 9.59 Å². The smallest absolute Gasteiger partial charge is 0.339 e. The molecule has 0 saturated heterocycles. The van der Waals surface area contributed by atoms with Crippen LogP contribution in [0.3, 0.4) is 0 Å². The Morgan fingerprint density at radius 1 is 1.32 bits per heavy atom. The molecule has 0 amide bonds. The molecule has 96 valence electrons. The first-order valence-corrected chi connectivity index (χ1v) is 5.84. The lowest BCUT2D eigenvalue weighted by atomic mass is 10.1. The van der Waals surface area contributed by atoms with Crippen LogP contribution in [-0.2, 0) is 4.74 Å². The minimum Gasteiger partial charge on any atom is -0.465 e. The van der Waals surface area contributed by atoms with Crippen molar-refractivity contribution in [2.75, 3.05) is 7.11 Å². The lowest BCUT2D eigenvalue weighted by Crippen LogP contribution is -2.02. The van der Waals surface area contributed by atoms with Gasteiger partial charge in [0.1, 0.15) is 5.69 Å². The number of carbonyl (C=O) groups is 2. The van der Waals surface area contributed by atoms with Crippen molar-refractivity contribution in [1.82, 2.24) is 4.98 Å².